The highest BCUT2D eigenvalue weighted by Gasteiger charge is 2.29. The first-order chi connectivity index (χ1) is 14.3. The highest BCUT2D eigenvalue weighted by atomic mass is 16.3. The molecule has 1 N–H and O–H groups in total. The Hall–Kier alpha value is -2.93. The number of rotatable bonds is 4. The highest BCUT2D eigenvalue weighted by Crippen LogP contribution is 2.31. The molecule has 0 aliphatic carbocycles. The summed E-state index contributed by atoms with van der Waals surface area (Å²) in [5.41, 5.74) is 1.51. The second kappa shape index (κ2) is 9.05. The van der Waals surface area contributed by atoms with E-state index in [1.807, 2.05) is 79.1 Å². The highest BCUT2D eigenvalue weighted by molar-refractivity contribution is 5.44. The van der Waals surface area contributed by atoms with E-state index >= 15 is 0 Å². The standard InChI is InChI=1S/C26H26N2O/c29-26(23-12-3-1-4-13-23,24-14-5-2-6-15-24)17-10-20-28-19-8-7-16-25(28)22-11-9-18-27-21-22/h1-6,9,11-15,18,21,25,29H,7-8,16,19-20H2. The molecule has 3 nitrogen and oxygen atoms in total. The van der Waals surface area contributed by atoms with Crippen LogP contribution in [0.2, 0.25) is 0 Å². The van der Waals surface area contributed by atoms with Crippen LogP contribution < -0.4 is 0 Å². The van der Waals surface area contributed by atoms with Gasteiger partial charge in [-0.1, -0.05) is 85.0 Å². The summed E-state index contributed by atoms with van der Waals surface area (Å²) < 4.78 is 0. The fraction of sp³-hybridized carbons (Fsp3) is 0.269. The molecule has 0 saturated carbocycles. The molecule has 1 unspecified atom stereocenters. The third-order valence-corrected chi connectivity index (χ3v) is 5.62. The number of piperidine rings is 1. The number of hydrogen-bond acceptors (Lipinski definition) is 3. The SMILES string of the molecule is OC(C#CCN1CCCCC1c1cccnc1)(c1ccccc1)c1ccccc1. The Bertz CT molecular complexity index is 922. The fourth-order valence-electron chi connectivity index (χ4n) is 4.07. The molecule has 146 valence electrons. The van der Waals surface area contributed by atoms with E-state index in [9.17, 15) is 5.11 Å². The smallest absolute Gasteiger partial charge is 0.176 e. The summed E-state index contributed by atoms with van der Waals surface area (Å²) in [6.45, 7) is 1.64. The van der Waals surface area contributed by atoms with Crippen LogP contribution in [0, 0.1) is 11.8 Å². The Morgan fingerprint density at radius 3 is 2.24 bits per heavy atom. The normalized spacial score (nSPS) is 17.3. The quantitative estimate of drug-likeness (QED) is 0.673. The van der Waals surface area contributed by atoms with Crippen molar-refractivity contribution < 1.29 is 5.11 Å². The van der Waals surface area contributed by atoms with Gasteiger partial charge in [-0.25, -0.2) is 0 Å². The molecule has 3 heteroatoms. The van der Waals surface area contributed by atoms with Gasteiger partial charge in [-0.3, -0.25) is 9.88 Å². The van der Waals surface area contributed by atoms with Crippen LogP contribution in [-0.2, 0) is 5.60 Å². The molecule has 0 radical (unpaired) electrons. The number of pyridine rings is 1. The maximum Gasteiger partial charge on any atom is 0.176 e. The molecule has 1 aliphatic rings. The van der Waals surface area contributed by atoms with Gasteiger partial charge in [0.05, 0.1) is 6.54 Å². The van der Waals surface area contributed by atoms with Gasteiger partial charge < -0.3 is 5.11 Å². The molecule has 2 heterocycles. The maximum atomic E-state index is 11.6. The Morgan fingerprint density at radius 2 is 1.62 bits per heavy atom. The van der Waals surface area contributed by atoms with Gasteiger partial charge >= 0.3 is 0 Å². The van der Waals surface area contributed by atoms with Gasteiger partial charge in [-0.05, 0) is 31.0 Å². The zero-order chi connectivity index (χ0) is 19.9. The summed E-state index contributed by atoms with van der Waals surface area (Å²) in [4.78, 5) is 6.70. The predicted molar refractivity (Wildman–Crippen MR) is 116 cm³/mol. The van der Waals surface area contributed by atoms with Crippen molar-refractivity contribution in [2.75, 3.05) is 13.1 Å². The fourth-order valence-corrected chi connectivity index (χ4v) is 4.07. The van der Waals surface area contributed by atoms with Crippen molar-refractivity contribution in [3.63, 3.8) is 0 Å². The van der Waals surface area contributed by atoms with Gasteiger partial charge in [0.15, 0.2) is 5.60 Å². The zero-order valence-corrected chi connectivity index (χ0v) is 16.5. The summed E-state index contributed by atoms with van der Waals surface area (Å²) in [7, 11) is 0. The van der Waals surface area contributed by atoms with E-state index in [4.69, 9.17) is 0 Å². The summed E-state index contributed by atoms with van der Waals surface area (Å²) in [5.74, 6) is 6.49. The Labute approximate surface area is 173 Å². The molecule has 1 aromatic heterocycles. The van der Waals surface area contributed by atoms with Crippen LogP contribution in [0.25, 0.3) is 0 Å². The van der Waals surface area contributed by atoms with Crippen molar-refractivity contribution in [3.05, 3.63) is 102 Å². The largest absolute Gasteiger partial charge is 0.369 e. The van der Waals surface area contributed by atoms with Crippen LogP contribution in [0.3, 0.4) is 0 Å². The van der Waals surface area contributed by atoms with Crippen molar-refractivity contribution in [1.82, 2.24) is 9.88 Å². The Balaban J connectivity index is 1.61. The van der Waals surface area contributed by atoms with E-state index in [1.54, 1.807) is 0 Å². The minimum Gasteiger partial charge on any atom is -0.369 e. The Kier molecular flexibility index (Phi) is 6.05. The lowest BCUT2D eigenvalue weighted by Gasteiger charge is -2.34. The van der Waals surface area contributed by atoms with Crippen molar-refractivity contribution in [2.45, 2.75) is 30.9 Å². The second-order valence-corrected chi connectivity index (χ2v) is 7.51. The number of likely N-dealkylation sites (tertiary alicyclic amines) is 1. The number of nitrogens with zero attached hydrogens (tertiary/aromatic N) is 2. The topological polar surface area (TPSA) is 36.4 Å². The molecule has 0 amide bonds. The molecule has 4 rings (SSSR count). The van der Waals surface area contributed by atoms with Gasteiger partial charge in [0.25, 0.3) is 0 Å². The van der Waals surface area contributed by atoms with Crippen LogP contribution in [0.15, 0.2) is 85.2 Å². The number of benzene rings is 2. The van der Waals surface area contributed by atoms with Crippen molar-refractivity contribution >= 4 is 0 Å². The minimum absolute atomic E-state index is 0.341. The minimum atomic E-state index is -1.32. The van der Waals surface area contributed by atoms with Crippen LogP contribution in [0.4, 0.5) is 0 Å². The average molecular weight is 383 g/mol. The number of aromatic nitrogens is 1. The molecule has 1 atom stereocenters. The lowest BCUT2D eigenvalue weighted by Crippen LogP contribution is -2.34. The summed E-state index contributed by atoms with van der Waals surface area (Å²) in [6, 6.07) is 23.9. The van der Waals surface area contributed by atoms with E-state index < -0.39 is 5.60 Å². The summed E-state index contributed by atoms with van der Waals surface area (Å²) in [6.07, 6.45) is 7.30. The van der Waals surface area contributed by atoms with Crippen LogP contribution in [0.1, 0.15) is 42.0 Å². The Morgan fingerprint density at radius 1 is 0.931 bits per heavy atom. The molecule has 1 saturated heterocycles. The van der Waals surface area contributed by atoms with Gasteiger partial charge in [0.2, 0.25) is 0 Å². The third kappa shape index (κ3) is 4.40. The lowest BCUT2D eigenvalue weighted by atomic mass is 9.87. The van der Waals surface area contributed by atoms with Crippen LogP contribution in [-0.4, -0.2) is 28.1 Å². The summed E-state index contributed by atoms with van der Waals surface area (Å²) in [5, 5.41) is 11.6. The molecule has 0 bridgehead atoms. The van der Waals surface area contributed by atoms with E-state index in [0.29, 0.717) is 12.6 Å². The second-order valence-electron chi connectivity index (χ2n) is 7.51. The van der Waals surface area contributed by atoms with Gasteiger partial charge in [-0.15, -0.1) is 0 Å². The van der Waals surface area contributed by atoms with E-state index in [-0.39, 0.29) is 0 Å². The molecule has 1 aliphatic heterocycles. The maximum absolute atomic E-state index is 11.6. The summed E-state index contributed by atoms with van der Waals surface area (Å²) >= 11 is 0. The molecular formula is C26H26N2O. The first-order valence-electron chi connectivity index (χ1n) is 10.2. The van der Waals surface area contributed by atoms with Crippen LogP contribution >= 0.6 is 0 Å². The molecule has 2 aromatic carbocycles. The third-order valence-electron chi connectivity index (χ3n) is 5.62. The molecule has 29 heavy (non-hydrogen) atoms. The first kappa shape index (κ1) is 19.4. The van der Waals surface area contributed by atoms with Gasteiger partial charge in [0, 0.05) is 29.6 Å². The monoisotopic (exact) mass is 382 g/mol. The van der Waals surface area contributed by atoms with Crippen LogP contribution in [0.5, 0.6) is 0 Å². The van der Waals surface area contributed by atoms with E-state index in [2.05, 4.69) is 27.8 Å². The number of aliphatic hydroxyl groups is 1. The van der Waals surface area contributed by atoms with Crippen molar-refractivity contribution in [3.8, 4) is 11.8 Å². The molecule has 0 spiro atoms. The molecule has 1 fully saturated rings. The van der Waals surface area contributed by atoms with E-state index in [0.717, 1.165) is 24.1 Å². The van der Waals surface area contributed by atoms with Crippen molar-refractivity contribution in [1.29, 1.82) is 0 Å². The first-order valence-corrected chi connectivity index (χ1v) is 10.2. The zero-order valence-electron chi connectivity index (χ0n) is 16.5. The number of hydrogen-bond donors (Lipinski definition) is 1. The molecule has 3 aromatic rings. The predicted octanol–water partition coefficient (Wildman–Crippen LogP) is 4.55. The lowest BCUT2D eigenvalue weighted by molar-refractivity contribution is 0.144. The van der Waals surface area contributed by atoms with Gasteiger partial charge in [0.1, 0.15) is 0 Å². The average Bonchev–Trinajstić information content (AvgIpc) is 2.81. The van der Waals surface area contributed by atoms with Gasteiger partial charge in [-0.2, -0.15) is 0 Å². The van der Waals surface area contributed by atoms with E-state index in [1.165, 1.54) is 18.4 Å². The van der Waals surface area contributed by atoms with Crippen molar-refractivity contribution in [2.24, 2.45) is 0 Å². The molecular weight excluding hydrogens is 356 g/mol.